The van der Waals surface area contributed by atoms with E-state index in [4.69, 9.17) is 10.5 Å². The van der Waals surface area contributed by atoms with Crippen LogP contribution in [0.1, 0.15) is 32.3 Å². The van der Waals surface area contributed by atoms with Crippen LogP contribution in [-0.4, -0.2) is 37.2 Å². The molecule has 1 aromatic rings. The van der Waals surface area contributed by atoms with Crippen molar-refractivity contribution in [1.82, 2.24) is 4.90 Å². The Hall–Kier alpha value is -1.06. The third kappa shape index (κ3) is 3.74. The van der Waals surface area contributed by atoms with Gasteiger partial charge in [0.1, 0.15) is 5.75 Å². The molecule has 1 aliphatic rings. The first-order chi connectivity index (χ1) is 9.61. The molecule has 1 aromatic carbocycles. The maximum absolute atomic E-state index is 6.12. The van der Waals surface area contributed by atoms with Gasteiger partial charge in [0.15, 0.2) is 0 Å². The summed E-state index contributed by atoms with van der Waals surface area (Å²) < 4.78 is 5.22. The van der Waals surface area contributed by atoms with Crippen LogP contribution in [0.5, 0.6) is 5.75 Å². The van der Waals surface area contributed by atoms with Gasteiger partial charge in [0.25, 0.3) is 0 Å². The number of methoxy groups -OCH3 is 1. The van der Waals surface area contributed by atoms with Gasteiger partial charge < -0.3 is 10.5 Å². The van der Waals surface area contributed by atoms with Crippen LogP contribution in [-0.2, 0) is 6.42 Å². The molecule has 0 aliphatic heterocycles. The van der Waals surface area contributed by atoms with Crippen LogP contribution in [0.2, 0.25) is 0 Å². The van der Waals surface area contributed by atoms with E-state index in [0.717, 1.165) is 24.6 Å². The molecule has 0 heterocycles. The Morgan fingerprint density at radius 1 is 1.30 bits per heavy atom. The molecule has 3 nitrogen and oxygen atoms in total. The summed E-state index contributed by atoms with van der Waals surface area (Å²) in [7, 11) is 1.70. The fraction of sp³-hybridized carbons (Fsp3) is 0.647. The minimum Gasteiger partial charge on any atom is -0.497 e. The monoisotopic (exact) mass is 276 g/mol. The quantitative estimate of drug-likeness (QED) is 0.793. The molecule has 2 N–H and O–H groups in total. The SMILES string of the molecule is CCN(CC1CC1)C(C)(CN)Cc1ccc(OC)cc1. The molecule has 1 saturated carbocycles. The van der Waals surface area contributed by atoms with Gasteiger partial charge in [-0.1, -0.05) is 19.1 Å². The zero-order valence-electron chi connectivity index (χ0n) is 13.1. The Labute approximate surface area is 123 Å². The third-order valence-electron chi connectivity index (χ3n) is 4.50. The zero-order valence-corrected chi connectivity index (χ0v) is 13.1. The van der Waals surface area contributed by atoms with Crippen molar-refractivity contribution in [1.29, 1.82) is 0 Å². The average molecular weight is 276 g/mol. The number of ether oxygens (including phenoxy) is 1. The summed E-state index contributed by atoms with van der Waals surface area (Å²) in [6, 6.07) is 8.36. The van der Waals surface area contributed by atoms with Crippen molar-refractivity contribution in [2.24, 2.45) is 11.7 Å². The standard InChI is InChI=1S/C17H28N2O/c1-4-19(12-15-5-6-15)17(2,13-18)11-14-7-9-16(20-3)10-8-14/h7-10,15H,4-6,11-13,18H2,1-3H3. The highest BCUT2D eigenvalue weighted by atomic mass is 16.5. The average Bonchev–Trinajstić information content (AvgIpc) is 3.29. The first-order valence-electron chi connectivity index (χ1n) is 7.69. The number of nitrogens with two attached hydrogens (primary N) is 1. The maximum Gasteiger partial charge on any atom is 0.118 e. The molecular formula is C17H28N2O. The van der Waals surface area contributed by atoms with E-state index < -0.39 is 0 Å². The lowest BCUT2D eigenvalue weighted by molar-refractivity contribution is 0.111. The van der Waals surface area contributed by atoms with Gasteiger partial charge in [-0.05, 0) is 56.3 Å². The maximum atomic E-state index is 6.12. The third-order valence-corrected chi connectivity index (χ3v) is 4.50. The Morgan fingerprint density at radius 3 is 2.40 bits per heavy atom. The molecule has 2 rings (SSSR count). The van der Waals surface area contributed by atoms with Crippen molar-refractivity contribution in [3.05, 3.63) is 29.8 Å². The summed E-state index contributed by atoms with van der Waals surface area (Å²) in [6.45, 7) is 7.49. The summed E-state index contributed by atoms with van der Waals surface area (Å²) in [5, 5.41) is 0. The highest BCUT2D eigenvalue weighted by Gasteiger charge is 2.34. The second kappa shape index (κ2) is 6.59. The first-order valence-corrected chi connectivity index (χ1v) is 7.69. The predicted molar refractivity (Wildman–Crippen MR) is 84.1 cm³/mol. The van der Waals surface area contributed by atoms with E-state index in [9.17, 15) is 0 Å². The molecule has 1 aliphatic carbocycles. The van der Waals surface area contributed by atoms with E-state index in [1.54, 1.807) is 7.11 Å². The molecule has 1 fully saturated rings. The lowest BCUT2D eigenvalue weighted by Gasteiger charge is -2.40. The van der Waals surface area contributed by atoms with Gasteiger partial charge >= 0.3 is 0 Å². The van der Waals surface area contributed by atoms with Crippen LogP contribution < -0.4 is 10.5 Å². The largest absolute Gasteiger partial charge is 0.497 e. The van der Waals surface area contributed by atoms with Crippen LogP contribution in [0.3, 0.4) is 0 Å². The highest BCUT2D eigenvalue weighted by molar-refractivity contribution is 5.28. The number of likely N-dealkylation sites (N-methyl/N-ethyl adjacent to an activating group) is 1. The van der Waals surface area contributed by atoms with Gasteiger partial charge in [0.2, 0.25) is 0 Å². The van der Waals surface area contributed by atoms with Gasteiger partial charge in [-0.3, -0.25) is 4.90 Å². The second-order valence-electron chi connectivity index (χ2n) is 6.21. The van der Waals surface area contributed by atoms with Gasteiger partial charge in [-0.25, -0.2) is 0 Å². The Morgan fingerprint density at radius 2 is 1.95 bits per heavy atom. The topological polar surface area (TPSA) is 38.5 Å². The smallest absolute Gasteiger partial charge is 0.118 e. The number of rotatable bonds is 8. The van der Waals surface area contributed by atoms with Crippen LogP contribution in [0.25, 0.3) is 0 Å². The van der Waals surface area contributed by atoms with Gasteiger partial charge in [-0.2, -0.15) is 0 Å². The molecule has 3 heteroatoms. The molecule has 0 spiro atoms. The van der Waals surface area contributed by atoms with Crippen LogP contribution in [0, 0.1) is 5.92 Å². The normalized spacial score (nSPS) is 18.1. The molecule has 0 saturated heterocycles. The molecule has 0 bridgehead atoms. The highest BCUT2D eigenvalue weighted by Crippen LogP contribution is 2.32. The number of hydrogen-bond acceptors (Lipinski definition) is 3. The molecule has 0 aromatic heterocycles. The first kappa shape index (κ1) is 15.3. The lowest BCUT2D eigenvalue weighted by atomic mass is 9.90. The van der Waals surface area contributed by atoms with Crippen LogP contribution >= 0.6 is 0 Å². The summed E-state index contributed by atoms with van der Waals surface area (Å²) in [5.74, 6) is 1.81. The Balaban J connectivity index is 2.07. The number of nitrogens with zero attached hydrogens (tertiary/aromatic N) is 1. The van der Waals surface area contributed by atoms with E-state index in [1.165, 1.54) is 24.9 Å². The molecule has 0 amide bonds. The van der Waals surface area contributed by atoms with Crippen molar-refractivity contribution in [2.45, 2.75) is 38.6 Å². The zero-order chi connectivity index (χ0) is 14.6. The van der Waals surface area contributed by atoms with Crippen molar-refractivity contribution < 1.29 is 4.74 Å². The molecule has 1 atom stereocenters. The van der Waals surface area contributed by atoms with Crippen molar-refractivity contribution in [3.63, 3.8) is 0 Å². The summed E-state index contributed by atoms with van der Waals surface area (Å²) in [4.78, 5) is 2.56. The van der Waals surface area contributed by atoms with E-state index in [0.29, 0.717) is 6.54 Å². The minimum absolute atomic E-state index is 0.0475. The van der Waals surface area contributed by atoms with Gasteiger partial charge in [-0.15, -0.1) is 0 Å². The fourth-order valence-electron chi connectivity index (χ4n) is 2.84. The number of hydrogen-bond donors (Lipinski definition) is 1. The lowest BCUT2D eigenvalue weighted by Crippen LogP contribution is -2.53. The molecular weight excluding hydrogens is 248 g/mol. The molecule has 20 heavy (non-hydrogen) atoms. The van der Waals surface area contributed by atoms with Crippen molar-refractivity contribution in [3.8, 4) is 5.75 Å². The van der Waals surface area contributed by atoms with E-state index >= 15 is 0 Å². The molecule has 0 radical (unpaired) electrons. The Kier molecular flexibility index (Phi) is 5.06. The van der Waals surface area contributed by atoms with Gasteiger partial charge in [0.05, 0.1) is 7.11 Å². The van der Waals surface area contributed by atoms with Crippen LogP contribution in [0.4, 0.5) is 0 Å². The predicted octanol–water partition coefficient (Wildman–Crippen LogP) is 2.69. The van der Waals surface area contributed by atoms with Crippen molar-refractivity contribution >= 4 is 0 Å². The summed E-state index contributed by atoms with van der Waals surface area (Å²) >= 11 is 0. The number of benzene rings is 1. The molecule has 112 valence electrons. The van der Waals surface area contributed by atoms with E-state index in [-0.39, 0.29) is 5.54 Å². The fourth-order valence-corrected chi connectivity index (χ4v) is 2.84. The summed E-state index contributed by atoms with van der Waals surface area (Å²) in [6.07, 6.45) is 3.77. The van der Waals surface area contributed by atoms with Gasteiger partial charge in [0, 0.05) is 18.6 Å². The Bertz CT molecular complexity index is 414. The summed E-state index contributed by atoms with van der Waals surface area (Å²) in [5.41, 5.74) is 7.49. The van der Waals surface area contributed by atoms with E-state index in [2.05, 4.69) is 30.9 Å². The van der Waals surface area contributed by atoms with Crippen molar-refractivity contribution in [2.75, 3.05) is 26.7 Å². The second-order valence-corrected chi connectivity index (χ2v) is 6.21. The molecule has 1 unspecified atom stereocenters. The van der Waals surface area contributed by atoms with E-state index in [1.807, 2.05) is 12.1 Å². The van der Waals surface area contributed by atoms with Crippen LogP contribution in [0.15, 0.2) is 24.3 Å². The minimum atomic E-state index is 0.0475.